The number of aromatic nitrogens is 2. The molecule has 4 heterocycles. The Hall–Kier alpha value is -7.50. The van der Waals surface area contributed by atoms with Crippen LogP contribution < -0.4 is 0 Å². The number of thiophene rings is 2. The predicted octanol–water partition coefficient (Wildman–Crippen LogP) is 18.0. The van der Waals surface area contributed by atoms with E-state index in [1.807, 2.05) is 22.7 Å². The maximum atomic E-state index is 2.52. The molecule has 0 saturated heterocycles. The highest BCUT2D eigenvalue weighted by molar-refractivity contribution is 7.26. The Bertz CT molecular complexity index is 4080. The molecule has 0 amide bonds. The van der Waals surface area contributed by atoms with Gasteiger partial charge in [0.1, 0.15) is 0 Å². The molecule has 0 bridgehead atoms. The van der Waals surface area contributed by atoms with Crippen molar-refractivity contribution in [2.45, 2.75) is 19.3 Å². The highest BCUT2D eigenvalue weighted by atomic mass is 32.1. The van der Waals surface area contributed by atoms with Crippen LogP contribution >= 0.6 is 22.7 Å². The lowest BCUT2D eigenvalue weighted by molar-refractivity contribution is 0.724. The summed E-state index contributed by atoms with van der Waals surface area (Å²) < 4.78 is 10.2. The summed E-state index contributed by atoms with van der Waals surface area (Å²) in [5, 5.41) is 9.12. The number of allylic oxidation sites excluding steroid dienone is 1. The molecule has 0 fully saturated rings. The van der Waals surface area contributed by atoms with Crippen LogP contribution in [0.15, 0.2) is 200 Å². The molecule has 306 valence electrons. The van der Waals surface area contributed by atoms with Gasteiger partial charge in [-0.3, -0.25) is 0 Å². The van der Waals surface area contributed by atoms with Gasteiger partial charge in [-0.15, -0.1) is 22.7 Å². The number of nitrogens with zero attached hydrogens (tertiary/aromatic N) is 2. The Balaban J connectivity index is 0.839. The quantitative estimate of drug-likeness (QED) is 0.163. The Kier molecular flexibility index (Phi) is 8.10. The molecule has 4 heteroatoms. The smallest absolute Gasteiger partial charge is 0.0541 e. The van der Waals surface area contributed by atoms with Crippen LogP contribution in [0.1, 0.15) is 30.5 Å². The topological polar surface area (TPSA) is 9.86 Å². The van der Waals surface area contributed by atoms with Gasteiger partial charge in [-0.2, -0.15) is 0 Å². The summed E-state index contributed by atoms with van der Waals surface area (Å²) in [6, 6.07) is 72.4. The number of rotatable bonds is 5. The molecular weight excluding hydrogens is 825 g/mol. The van der Waals surface area contributed by atoms with Crippen molar-refractivity contribution in [1.29, 1.82) is 0 Å². The molecule has 0 saturated carbocycles. The SMILES string of the molecule is C[C@H]1CC=Cc2c1n(-c1ccc3sc4c(-c5cccc(-c6cccc(-c7cccc8c7sc7ccc(-n9c%10ccccc%10c%10ccccc%109)cc78)c6)c5)cccc4c3c1)c1ccccc21. The van der Waals surface area contributed by atoms with Crippen molar-refractivity contribution in [2.24, 2.45) is 0 Å². The molecule has 4 aromatic heterocycles. The molecule has 9 aromatic carbocycles. The van der Waals surface area contributed by atoms with Gasteiger partial charge in [0.15, 0.2) is 0 Å². The van der Waals surface area contributed by atoms with Gasteiger partial charge in [0.2, 0.25) is 0 Å². The van der Waals surface area contributed by atoms with Gasteiger partial charge in [0.25, 0.3) is 0 Å². The van der Waals surface area contributed by atoms with E-state index in [4.69, 9.17) is 0 Å². The first-order valence-electron chi connectivity index (χ1n) is 22.6. The summed E-state index contributed by atoms with van der Waals surface area (Å²) in [6.45, 7) is 2.36. The Morgan fingerprint density at radius 3 is 1.43 bits per heavy atom. The first kappa shape index (κ1) is 36.9. The molecule has 0 aliphatic heterocycles. The summed E-state index contributed by atoms with van der Waals surface area (Å²) in [5.41, 5.74) is 16.4. The number of para-hydroxylation sites is 3. The number of hydrogen-bond donors (Lipinski definition) is 0. The van der Waals surface area contributed by atoms with Gasteiger partial charge in [-0.05, 0) is 107 Å². The molecule has 1 aliphatic rings. The Morgan fingerprint density at radius 1 is 0.400 bits per heavy atom. The van der Waals surface area contributed by atoms with Crippen LogP contribution in [0, 0.1) is 0 Å². The predicted molar refractivity (Wildman–Crippen MR) is 282 cm³/mol. The Labute approximate surface area is 384 Å². The molecule has 1 atom stereocenters. The van der Waals surface area contributed by atoms with Gasteiger partial charge in [0.05, 0.1) is 16.6 Å². The lowest BCUT2D eigenvalue weighted by Gasteiger charge is -2.19. The minimum atomic E-state index is 0.453. The normalized spacial score (nSPS) is 14.0. The fourth-order valence-corrected chi connectivity index (χ4v) is 13.4. The average Bonchev–Trinajstić information content (AvgIpc) is 4.12. The van der Waals surface area contributed by atoms with Crippen LogP contribution in [-0.2, 0) is 0 Å². The lowest BCUT2D eigenvalue weighted by Crippen LogP contribution is -2.06. The van der Waals surface area contributed by atoms with Gasteiger partial charge in [-0.1, -0.05) is 146 Å². The van der Waals surface area contributed by atoms with Crippen LogP contribution in [-0.4, -0.2) is 9.13 Å². The third-order valence-electron chi connectivity index (χ3n) is 13.9. The standard InChI is InChI=1S/C61H40N2S2/c1-37-13-8-23-49-48-20-4-7-28-56(48)63(59(37)49)43-30-32-58-53(36-43)51-25-12-22-45(61(51)65-58)41-17-10-15-39(34-41)38-14-9-16-40(33-38)44-21-11-24-50-52-35-42(29-31-57(52)64-60(44)50)62-54-26-5-2-18-46(54)47-19-3-6-27-55(47)62/h2-12,14-37H,13H2,1H3/t37-/m0/s1. The Morgan fingerprint density at radius 2 is 0.862 bits per heavy atom. The van der Waals surface area contributed by atoms with Crippen molar-refractivity contribution in [3.8, 4) is 44.8 Å². The van der Waals surface area contributed by atoms with Crippen molar-refractivity contribution in [2.75, 3.05) is 0 Å². The first-order chi connectivity index (χ1) is 32.1. The number of fused-ring (bicyclic) bond motifs is 12. The van der Waals surface area contributed by atoms with Gasteiger partial charge >= 0.3 is 0 Å². The van der Waals surface area contributed by atoms with E-state index in [1.165, 1.54) is 129 Å². The van der Waals surface area contributed by atoms with Crippen LogP contribution in [0.3, 0.4) is 0 Å². The maximum absolute atomic E-state index is 2.52. The summed E-state index contributed by atoms with van der Waals surface area (Å²) in [4.78, 5) is 0. The fourth-order valence-electron chi connectivity index (χ4n) is 11.0. The van der Waals surface area contributed by atoms with E-state index in [0.717, 1.165) is 6.42 Å². The third-order valence-corrected chi connectivity index (χ3v) is 16.4. The zero-order valence-corrected chi connectivity index (χ0v) is 37.3. The maximum Gasteiger partial charge on any atom is 0.0541 e. The van der Waals surface area contributed by atoms with E-state index in [1.54, 1.807) is 0 Å². The minimum Gasteiger partial charge on any atom is -0.313 e. The second-order valence-electron chi connectivity index (χ2n) is 17.7. The molecule has 13 aromatic rings. The second-order valence-corrected chi connectivity index (χ2v) is 19.8. The van der Waals surface area contributed by atoms with E-state index >= 15 is 0 Å². The summed E-state index contributed by atoms with van der Waals surface area (Å²) in [6.07, 6.45) is 5.73. The van der Waals surface area contributed by atoms with Crippen LogP contribution in [0.4, 0.5) is 0 Å². The van der Waals surface area contributed by atoms with Crippen molar-refractivity contribution in [1.82, 2.24) is 9.13 Å². The molecule has 1 aliphatic carbocycles. The molecule has 65 heavy (non-hydrogen) atoms. The monoisotopic (exact) mass is 864 g/mol. The van der Waals surface area contributed by atoms with E-state index in [-0.39, 0.29) is 0 Å². The summed E-state index contributed by atoms with van der Waals surface area (Å²) in [7, 11) is 0. The zero-order chi connectivity index (χ0) is 42.8. The van der Waals surface area contributed by atoms with Gasteiger partial charge in [0, 0.05) is 85.1 Å². The van der Waals surface area contributed by atoms with E-state index in [2.05, 4.69) is 222 Å². The van der Waals surface area contributed by atoms with Gasteiger partial charge in [-0.25, -0.2) is 0 Å². The minimum absolute atomic E-state index is 0.453. The molecule has 14 rings (SSSR count). The molecule has 0 spiro atoms. The number of benzene rings is 9. The van der Waals surface area contributed by atoms with Crippen molar-refractivity contribution < 1.29 is 0 Å². The van der Waals surface area contributed by atoms with E-state index in [9.17, 15) is 0 Å². The molecule has 0 N–H and O–H groups in total. The first-order valence-corrected chi connectivity index (χ1v) is 24.2. The summed E-state index contributed by atoms with van der Waals surface area (Å²) >= 11 is 3.80. The highest BCUT2D eigenvalue weighted by Crippen LogP contribution is 2.46. The third kappa shape index (κ3) is 5.57. The average molecular weight is 865 g/mol. The molecular formula is C61H40N2S2. The number of hydrogen-bond acceptors (Lipinski definition) is 2. The molecule has 0 unspecified atom stereocenters. The fraction of sp³-hybridized carbons (Fsp3) is 0.0492. The van der Waals surface area contributed by atoms with Crippen molar-refractivity contribution >= 4 is 102 Å². The van der Waals surface area contributed by atoms with Crippen molar-refractivity contribution in [3.05, 3.63) is 211 Å². The van der Waals surface area contributed by atoms with Gasteiger partial charge < -0.3 is 9.13 Å². The van der Waals surface area contributed by atoms with E-state index in [0.29, 0.717) is 5.92 Å². The summed E-state index contributed by atoms with van der Waals surface area (Å²) in [5.74, 6) is 0.453. The largest absolute Gasteiger partial charge is 0.313 e. The van der Waals surface area contributed by atoms with Crippen LogP contribution in [0.5, 0.6) is 0 Å². The highest BCUT2D eigenvalue weighted by Gasteiger charge is 2.24. The van der Waals surface area contributed by atoms with Crippen molar-refractivity contribution in [3.63, 3.8) is 0 Å². The van der Waals surface area contributed by atoms with Crippen LogP contribution in [0.25, 0.3) is 124 Å². The lowest BCUT2D eigenvalue weighted by atomic mass is 9.93. The van der Waals surface area contributed by atoms with Crippen LogP contribution in [0.2, 0.25) is 0 Å². The second kappa shape index (κ2) is 14.3. The zero-order valence-electron chi connectivity index (χ0n) is 35.6. The molecule has 0 radical (unpaired) electrons. The molecule has 2 nitrogen and oxygen atoms in total. The van der Waals surface area contributed by atoms with E-state index < -0.39 is 0 Å².